The van der Waals surface area contributed by atoms with E-state index in [1.165, 1.54) is 6.08 Å². The first kappa shape index (κ1) is 8.69. The summed E-state index contributed by atoms with van der Waals surface area (Å²) >= 11 is 0. The van der Waals surface area contributed by atoms with Gasteiger partial charge in [0.1, 0.15) is 0 Å². The molecular formula is C8H10O2. The summed E-state index contributed by atoms with van der Waals surface area (Å²) in [5.41, 5.74) is 0.0955. The van der Waals surface area contributed by atoms with E-state index in [0.717, 1.165) is 0 Å². The van der Waals surface area contributed by atoms with Gasteiger partial charge in [-0.05, 0) is 13.0 Å². The van der Waals surface area contributed by atoms with Crippen molar-refractivity contribution in [2.75, 3.05) is 0 Å². The van der Waals surface area contributed by atoms with Crippen molar-refractivity contribution in [3.05, 3.63) is 36.5 Å². The Labute approximate surface area is 60.2 Å². The van der Waals surface area contributed by atoms with E-state index in [2.05, 4.69) is 6.58 Å². The first-order valence-electron chi connectivity index (χ1n) is 2.90. The van der Waals surface area contributed by atoms with Gasteiger partial charge in [0.15, 0.2) is 0 Å². The molecule has 0 aromatic heterocycles. The first-order chi connectivity index (χ1) is 4.68. The molecule has 0 aliphatic carbocycles. The molecule has 0 rings (SSSR count). The fourth-order valence-electron chi connectivity index (χ4n) is 0.354. The lowest BCUT2D eigenvalue weighted by Gasteiger charge is -1.85. The second kappa shape index (κ2) is 4.56. The van der Waals surface area contributed by atoms with Gasteiger partial charge in [-0.3, -0.25) is 0 Å². The molecule has 0 aromatic carbocycles. The Bertz CT molecular complexity index is 187. The van der Waals surface area contributed by atoms with Gasteiger partial charge < -0.3 is 5.11 Å². The molecule has 0 amide bonds. The molecule has 0 heterocycles. The van der Waals surface area contributed by atoms with Crippen molar-refractivity contribution in [3.8, 4) is 0 Å². The van der Waals surface area contributed by atoms with Crippen LogP contribution in [-0.4, -0.2) is 11.1 Å². The van der Waals surface area contributed by atoms with E-state index in [0.29, 0.717) is 0 Å². The zero-order valence-electron chi connectivity index (χ0n) is 5.87. The fraction of sp³-hybridized carbons (Fsp3) is 0.125. The highest BCUT2D eigenvalue weighted by molar-refractivity contribution is 5.88. The number of aliphatic carboxylic acids is 1. The molecule has 10 heavy (non-hydrogen) atoms. The van der Waals surface area contributed by atoms with Crippen LogP contribution in [0.25, 0.3) is 0 Å². The Kier molecular flexibility index (Phi) is 3.96. The van der Waals surface area contributed by atoms with Crippen LogP contribution in [0.5, 0.6) is 0 Å². The summed E-state index contributed by atoms with van der Waals surface area (Å²) in [6.07, 6.45) is 6.64. The van der Waals surface area contributed by atoms with E-state index in [1.54, 1.807) is 12.2 Å². The Balaban J connectivity index is 3.90. The zero-order chi connectivity index (χ0) is 7.98. The van der Waals surface area contributed by atoms with Gasteiger partial charge in [0, 0.05) is 0 Å². The highest BCUT2D eigenvalue weighted by atomic mass is 16.4. The van der Waals surface area contributed by atoms with Crippen molar-refractivity contribution in [2.24, 2.45) is 0 Å². The van der Waals surface area contributed by atoms with Gasteiger partial charge in [0.05, 0.1) is 5.57 Å². The van der Waals surface area contributed by atoms with Crippen molar-refractivity contribution in [2.45, 2.75) is 6.92 Å². The van der Waals surface area contributed by atoms with Crippen molar-refractivity contribution in [3.63, 3.8) is 0 Å². The molecule has 2 heteroatoms. The molecule has 0 atom stereocenters. The van der Waals surface area contributed by atoms with Crippen LogP contribution in [0.4, 0.5) is 0 Å². The molecule has 2 nitrogen and oxygen atoms in total. The van der Waals surface area contributed by atoms with E-state index in [9.17, 15) is 4.79 Å². The topological polar surface area (TPSA) is 37.3 Å². The van der Waals surface area contributed by atoms with Crippen molar-refractivity contribution < 1.29 is 9.90 Å². The number of allylic oxidation sites excluding steroid dienone is 3. The van der Waals surface area contributed by atoms with Crippen LogP contribution >= 0.6 is 0 Å². The number of carboxylic acids is 1. The van der Waals surface area contributed by atoms with Crippen LogP contribution < -0.4 is 0 Å². The fourth-order valence-corrected chi connectivity index (χ4v) is 0.354. The standard InChI is InChI=1S/C8H10O2/c1-3-4-5-6-7(2)8(9)10/h3-6H,2H2,1H3,(H,9,10). The normalized spacial score (nSPS) is 10.9. The van der Waals surface area contributed by atoms with E-state index >= 15 is 0 Å². The smallest absolute Gasteiger partial charge is 0.335 e. The number of carboxylic acid groups (broad SMARTS) is 1. The average Bonchev–Trinajstić information content (AvgIpc) is 1.88. The molecule has 0 aliphatic heterocycles. The molecule has 0 radical (unpaired) electrons. The maximum absolute atomic E-state index is 10.1. The summed E-state index contributed by atoms with van der Waals surface area (Å²) in [5, 5.41) is 8.31. The number of rotatable bonds is 3. The van der Waals surface area contributed by atoms with Crippen molar-refractivity contribution >= 4 is 5.97 Å². The van der Waals surface area contributed by atoms with Gasteiger partial charge in [0.2, 0.25) is 0 Å². The summed E-state index contributed by atoms with van der Waals surface area (Å²) in [6.45, 7) is 5.16. The third-order valence-electron chi connectivity index (χ3n) is 0.876. The lowest BCUT2D eigenvalue weighted by Crippen LogP contribution is -1.94. The molecule has 0 bridgehead atoms. The van der Waals surface area contributed by atoms with Crippen LogP contribution in [0.15, 0.2) is 36.5 Å². The Hall–Kier alpha value is -1.31. The number of hydrogen-bond acceptors (Lipinski definition) is 1. The minimum Gasteiger partial charge on any atom is -0.478 e. The second-order valence-corrected chi connectivity index (χ2v) is 1.72. The van der Waals surface area contributed by atoms with Gasteiger partial charge in [-0.1, -0.05) is 24.8 Å². The van der Waals surface area contributed by atoms with E-state index in [4.69, 9.17) is 5.11 Å². The van der Waals surface area contributed by atoms with Crippen LogP contribution in [0.2, 0.25) is 0 Å². The third-order valence-corrected chi connectivity index (χ3v) is 0.876. The molecule has 0 fully saturated rings. The summed E-state index contributed by atoms with van der Waals surface area (Å²) < 4.78 is 0. The lowest BCUT2D eigenvalue weighted by molar-refractivity contribution is -0.132. The van der Waals surface area contributed by atoms with Crippen LogP contribution in [0, 0.1) is 0 Å². The molecule has 54 valence electrons. The van der Waals surface area contributed by atoms with E-state index in [1.807, 2.05) is 13.0 Å². The predicted molar refractivity (Wildman–Crippen MR) is 40.7 cm³/mol. The van der Waals surface area contributed by atoms with Gasteiger partial charge in [-0.2, -0.15) is 0 Å². The maximum Gasteiger partial charge on any atom is 0.335 e. The molecular weight excluding hydrogens is 128 g/mol. The van der Waals surface area contributed by atoms with Crippen molar-refractivity contribution in [1.29, 1.82) is 0 Å². The minimum absolute atomic E-state index is 0.0955. The molecule has 0 unspecified atom stereocenters. The highest BCUT2D eigenvalue weighted by Crippen LogP contribution is 1.91. The van der Waals surface area contributed by atoms with E-state index in [-0.39, 0.29) is 5.57 Å². The Morgan fingerprint density at radius 1 is 1.50 bits per heavy atom. The monoisotopic (exact) mass is 138 g/mol. The molecule has 0 saturated heterocycles. The Morgan fingerprint density at radius 3 is 2.50 bits per heavy atom. The lowest BCUT2D eigenvalue weighted by atomic mass is 10.3. The minimum atomic E-state index is -0.985. The predicted octanol–water partition coefficient (Wildman–Crippen LogP) is 1.76. The SMILES string of the molecule is C=C(C=CC=CC)C(=O)O. The van der Waals surface area contributed by atoms with Gasteiger partial charge in [-0.15, -0.1) is 0 Å². The molecule has 0 saturated carbocycles. The van der Waals surface area contributed by atoms with Gasteiger partial charge >= 0.3 is 5.97 Å². The number of hydrogen-bond donors (Lipinski definition) is 1. The summed E-state index contributed by atoms with van der Waals surface area (Å²) in [7, 11) is 0. The summed E-state index contributed by atoms with van der Waals surface area (Å²) in [6, 6.07) is 0. The third kappa shape index (κ3) is 3.66. The second-order valence-electron chi connectivity index (χ2n) is 1.72. The average molecular weight is 138 g/mol. The number of carbonyl (C=O) groups is 1. The van der Waals surface area contributed by atoms with E-state index < -0.39 is 5.97 Å². The largest absolute Gasteiger partial charge is 0.478 e. The highest BCUT2D eigenvalue weighted by Gasteiger charge is 1.95. The van der Waals surface area contributed by atoms with Gasteiger partial charge in [-0.25, -0.2) is 4.79 Å². The molecule has 0 spiro atoms. The van der Waals surface area contributed by atoms with Gasteiger partial charge in [0.25, 0.3) is 0 Å². The first-order valence-corrected chi connectivity index (χ1v) is 2.90. The molecule has 1 N–H and O–H groups in total. The summed E-state index contributed by atoms with van der Waals surface area (Å²) in [5.74, 6) is -0.985. The zero-order valence-corrected chi connectivity index (χ0v) is 5.87. The molecule has 0 aliphatic rings. The van der Waals surface area contributed by atoms with Crippen LogP contribution in [0.1, 0.15) is 6.92 Å². The van der Waals surface area contributed by atoms with Crippen molar-refractivity contribution in [1.82, 2.24) is 0 Å². The quantitative estimate of drug-likeness (QED) is 0.476. The molecule has 0 aromatic rings. The van der Waals surface area contributed by atoms with Crippen LogP contribution in [-0.2, 0) is 4.79 Å². The summed E-state index contributed by atoms with van der Waals surface area (Å²) in [4.78, 5) is 10.1. The van der Waals surface area contributed by atoms with Crippen LogP contribution in [0.3, 0.4) is 0 Å². The Morgan fingerprint density at radius 2 is 2.10 bits per heavy atom. The maximum atomic E-state index is 10.1.